The van der Waals surface area contributed by atoms with Crippen molar-refractivity contribution in [3.05, 3.63) is 65.5 Å². The Balaban J connectivity index is 1.81. The molecule has 0 amide bonds. The first-order valence-electron chi connectivity index (χ1n) is 6.98. The molecule has 0 N–H and O–H groups in total. The van der Waals surface area contributed by atoms with Crippen LogP contribution in [0.2, 0.25) is 0 Å². The van der Waals surface area contributed by atoms with Gasteiger partial charge in [0.25, 0.3) is 0 Å². The number of rotatable bonds is 4. The highest BCUT2D eigenvalue weighted by Gasteiger charge is 2.12. The van der Waals surface area contributed by atoms with Gasteiger partial charge in [0.05, 0.1) is 0 Å². The highest BCUT2D eigenvalue weighted by atomic mass is 32.2. The third-order valence-corrected chi connectivity index (χ3v) is 4.57. The molecule has 2 aromatic carbocycles. The molecule has 22 heavy (non-hydrogen) atoms. The minimum atomic E-state index is -0.211. The zero-order valence-electron chi connectivity index (χ0n) is 12.5. The van der Waals surface area contributed by atoms with Gasteiger partial charge in [-0.15, -0.1) is 10.2 Å². The highest BCUT2D eigenvalue weighted by Crippen LogP contribution is 2.26. The summed E-state index contributed by atoms with van der Waals surface area (Å²) in [5.74, 6) is 1.30. The minimum absolute atomic E-state index is 0.211. The lowest BCUT2D eigenvalue weighted by molar-refractivity contribution is 0.626. The number of aromatic nitrogens is 3. The van der Waals surface area contributed by atoms with Crippen LogP contribution in [0.3, 0.4) is 0 Å². The summed E-state index contributed by atoms with van der Waals surface area (Å²) in [5.41, 5.74) is 3.18. The Morgan fingerprint density at radius 1 is 1.09 bits per heavy atom. The van der Waals surface area contributed by atoms with Gasteiger partial charge < -0.3 is 4.57 Å². The molecule has 0 radical (unpaired) electrons. The second-order valence-electron chi connectivity index (χ2n) is 5.10. The molecule has 1 heterocycles. The van der Waals surface area contributed by atoms with E-state index in [1.807, 2.05) is 35.9 Å². The van der Waals surface area contributed by atoms with Crippen molar-refractivity contribution in [2.75, 3.05) is 0 Å². The number of thioether (sulfide) groups is 1. The largest absolute Gasteiger partial charge is 0.305 e. The standard InChI is InChI=1S/C17H16FN3S/c1-12-6-3-4-9-15(12)16-19-20-17(21(16)2)22-11-13-7-5-8-14(18)10-13/h3-10H,11H2,1-2H3. The molecular weight excluding hydrogens is 297 g/mol. The first-order chi connectivity index (χ1) is 10.6. The van der Waals surface area contributed by atoms with Gasteiger partial charge in [0.15, 0.2) is 11.0 Å². The lowest BCUT2D eigenvalue weighted by Gasteiger charge is -2.06. The Bertz CT molecular complexity index is 798. The van der Waals surface area contributed by atoms with Crippen molar-refractivity contribution in [3.8, 4) is 11.4 Å². The maximum atomic E-state index is 13.2. The van der Waals surface area contributed by atoms with Crippen LogP contribution in [0.1, 0.15) is 11.1 Å². The molecule has 0 saturated carbocycles. The van der Waals surface area contributed by atoms with Crippen LogP contribution in [-0.2, 0) is 12.8 Å². The number of hydrogen-bond acceptors (Lipinski definition) is 3. The first kappa shape index (κ1) is 14.8. The van der Waals surface area contributed by atoms with Crippen LogP contribution >= 0.6 is 11.8 Å². The quantitative estimate of drug-likeness (QED) is 0.676. The van der Waals surface area contributed by atoms with Crippen molar-refractivity contribution in [1.29, 1.82) is 0 Å². The lowest BCUT2D eigenvalue weighted by Crippen LogP contribution is -1.96. The second kappa shape index (κ2) is 6.32. The number of benzene rings is 2. The maximum Gasteiger partial charge on any atom is 0.191 e. The van der Waals surface area contributed by atoms with Crippen LogP contribution in [-0.4, -0.2) is 14.8 Å². The van der Waals surface area contributed by atoms with Gasteiger partial charge in [0, 0.05) is 18.4 Å². The smallest absolute Gasteiger partial charge is 0.191 e. The van der Waals surface area contributed by atoms with Gasteiger partial charge in [-0.2, -0.15) is 0 Å². The Morgan fingerprint density at radius 3 is 2.68 bits per heavy atom. The topological polar surface area (TPSA) is 30.7 Å². The van der Waals surface area contributed by atoms with Gasteiger partial charge in [0.2, 0.25) is 0 Å². The fourth-order valence-corrected chi connectivity index (χ4v) is 3.13. The summed E-state index contributed by atoms with van der Waals surface area (Å²) in [5, 5.41) is 9.37. The SMILES string of the molecule is Cc1ccccc1-c1nnc(SCc2cccc(F)c2)n1C. The minimum Gasteiger partial charge on any atom is -0.305 e. The molecule has 0 atom stereocenters. The molecule has 3 rings (SSSR count). The van der Waals surface area contributed by atoms with Gasteiger partial charge in [0.1, 0.15) is 5.82 Å². The Hall–Kier alpha value is -2.14. The molecule has 1 aromatic heterocycles. The summed E-state index contributed by atoms with van der Waals surface area (Å²) in [6, 6.07) is 14.7. The van der Waals surface area contributed by atoms with Crippen molar-refractivity contribution in [2.24, 2.45) is 7.05 Å². The molecule has 0 fully saturated rings. The maximum absolute atomic E-state index is 13.2. The third-order valence-electron chi connectivity index (χ3n) is 3.48. The first-order valence-corrected chi connectivity index (χ1v) is 7.96. The van der Waals surface area contributed by atoms with Gasteiger partial charge in [-0.1, -0.05) is 48.2 Å². The van der Waals surface area contributed by atoms with Crippen LogP contribution in [0, 0.1) is 12.7 Å². The van der Waals surface area contributed by atoms with E-state index in [-0.39, 0.29) is 5.82 Å². The van der Waals surface area contributed by atoms with Crippen LogP contribution in [0.25, 0.3) is 11.4 Å². The Labute approximate surface area is 133 Å². The highest BCUT2D eigenvalue weighted by molar-refractivity contribution is 7.98. The molecule has 3 aromatic rings. The average Bonchev–Trinajstić information content (AvgIpc) is 2.87. The van der Waals surface area contributed by atoms with Crippen molar-refractivity contribution < 1.29 is 4.39 Å². The summed E-state index contributed by atoms with van der Waals surface area (Å²) >= 11 is 1.55. The van der Waals surface area contributed by atoms with Crippen LogP contribution < -0.4 is 0 Å². The number of nitrogens with zero attached hydrogens (tertiary/aromatic N) is 3. The molecule has 0 unspecified atom stereocenters. The molecule has 0 saturated heterocycles. The average molecular weight is 313 g/mol. The van der Waals surface area contributed by atoms with E-state index in [2.05, 4.69) is 23.2 Å². The monoisotopic (exact) mass is 313 g/mol. The van der Waals surface area contributed by atoms with E-state index in [4.69, 9.17) is 0 Å². The van der Waals surface area contributed by atoms with Crippen molar-refractivity contribution in [1.82, 2.24) is 14.8 Å². The van der Waals surface area contributed by atoms with E-state index in [1.54, 1.807) is 23.9 Å². The summed E-state index contributed by atoms with van der Waals surface area (Å²) in [4.78, 5) is 0. The fourth-order valence-electron chi connectivity index (χ4n) is 2.27. The summed E-state index contributed by atoms with van der Waals surface area (Å²) in [6.07, 6.45) is 0. The molecule has 0 aliphatic rings. The van der Waals surface area contributed by atoms with Gasteiger partial charge in [-0.05, 0) is 30.2 Å². The van der Waals surface area contributed by atoms with Crippen molar-refractivity contribution >= 4 is 11.8 Å². The predicted octanol–water partition coefficient (Wildman–Crippen LogP) is 4.22. The van der Waals surface area contributed by atoms with Gasteiger partial charge >= 0.3 is 0 Å². The third kappa shape index (κ3) is 3.04. The normalized spacial score (nSPS) is 10.9. The van der Waals surface area contributed by atoms with E-state index < -0.39 is 0 Å². The fraction of sp³-hybridized carbons (Fsp3) is 0.176. The van der Waals surface area contributed by atoms with Crippen LogP contribution in [0.4, 0.5) is 4.39 Å². The van der Waals surface area contributed by atoms with E-state index >= 15 is 0 Å². The number of aryl methyl sites for hydroxylation is 1. The van der Waals surface area contributed by atoms with Crippen molar-refractivity contribution in [3.63, 3.8) is 0 Å². The molecule has 0 bridgehead atoms. The van der Waals surface area contributed by atoms with Gasteiger partial charge in [-0.25, -0.2) is 4.39 Å². The lowest BCUT2D eigenvalue weighted by atomic mass is 10.1. The molecule has 5 heteroatoms. The summed E-state index contributed by atoms with van der Waals surface area (Å²) in [7, 11) is 1.95. The van der Waals surface area contributed by atoms with E-state index in [9.17, 15) is 4.39 Å². The van der Waals surface area contributed by atoms with E-state index in [0.717, 1.165) is 22.1 Å². The Kier molecular flexibility index (Phi) is 4.24. The summed E-state index contributed by atoms with van der Waals surface area (Å²) < 4.78 is 15.2. The molecule has 0 spiro atoms. The number of hydrogen-bond donors (Lipinski definition) is 0. The molecule has 0 aliphatic carbocycles. The van der Waals surface area contributed by atoms with Crippen LogP contribution in [0.15, 0.2) is 53.7 Å². The zero-order chi connectivity index (χ0) is 15.5. The zero-order valence-corrected chi connectivity index (χ0v) is 13.3. The molecule has 0 aliphatic heterocycles. The molecule has 112 valence electrons. The van der Waals surface area contributed by atoms with Crippen molar-refractivity contribution in [2.45, 2.75) is 17.8 Å². The van der Waals surface area contributed by atoms with E-state index in [1.165, 1.54) is 11.6 Å². The van der Waals surface area contributed by atoms with E-state index in [0.29, 0.717) is 5.75 Å². The predicted molar refractivity (Wildman–Crippen MR) is 87.1 cm³/mol. The molecular formula is C17H16FN3S. The summed E-state index contributed by atoms with van der Waals surface area (Å²) in [6.45, 7) is 2.06. The number of halogens is 1. The Morgan fingerprint density at radius 2 is 1.91 bits per heavy atom. The second-order valence-corrected chi connectivity index (χ2v) is 6.04. The van der Waals surface area contributed by atoms with Gasteiger partial charge in [-0.3, -0.25) is 0 Å². The van der Waals surface area contributed by atoms with Crippen LogP contribution in [0.5, 0.6) is 0 Å². The molecule has 3 nitrogen and oxygen atoms in total.